The lowest BCUT2D eigenvalue weighted by Crippen LogP contribution is -2.15. The Morgan fingerprint density at radius 3 is 1.96 bits per heavy atom. The molecule has 0 bridgehead atoms. The summed E-state index contributed by atoms with van der Waals surface area (Å²) in [6.45, 7) is 0. The Labute approximate surface area is 149 Å². The third-order valence-corrected chi connectivity index (χ3v) is 4.48. The number of fused-ring (bicyclic) bond motifs is 2. The summed E-state index contributed by atoms with van der Waals surface area (Å²) in [4.78, 5) is 12.7. The summed E-state index contributed by atoms with van der Waals surface area (Å²) < 4.78 is 13.3. The molecule has 2 N–H and O–H groups in total. The molecule has 3 nitrogen and oxygen atoms in total. The SMILES string of the molecule is N=C1c2ccccc2C(=CC(=O)c2ccc(F)c(O)c2)c2ccccc21. The highest BCUT2D eigenvalue weighted by molar-refractivity contribution is 6.22. The third kappa shape index (κ3) is 2.52. The minimum Gasteiger partial charge on any atom is -0.505 e. The second-order valence-corrected chi connectivity index (χ2v) is 6.05. The molecule has 0 amide bonds. The number of nitrogens with one attached hydrogen (secondary N) is 1. The van der Waals surface area contributed by atoms with Crippen LogP contribution in [0.15, 0.2) is 72.8 Å². The number of ketones is 1. The number of carbonyl (C=O) groups is 1. The minimum absolute atomic E-state index is 0.201. The average Bonchev–Trinajstić information content (AvgIpc) is 2.67. The number of aromatic hydroxyl groups is 1. The number of allylic oxidation sites excluding steroid dienone is 1. The topological polar surface area (TPSA) is 61.2 Å². The van der Waals surface area contributed by atoms with Gasteiger partial charge in [-0.2, -0.15) is 0 Å². The molecule has 4 heteroatoms. The lowest BCUT2D eigenvalue weighted by molar-refractivity contribution is 0.104. The van der Waals surface area contributed by atoms with E-state index in [1.165, 1.54) is 12.1 Å². The Balaban J connectivity index is 1.89. The number of phenolic OH excluding ortho intramolecular Hbond substituents is 1. The van der Waals surface area contributed by atoms with Crippen LogP contribution in [0.3, 0.4) is 0 Å². The number of halogens is 1. The molecule has 3 aromatic carbocycles. The third-order valence-electron chi connectivity index (χ3n) is 4.48. The molecule has 0 saturated heterocycles. The summed E-state index contributed by atoms with van der Waals surface area (Å²) in [7, 11) is 0. The van der Waals surface area contributed by atoms with E-state index in [0.717, 1.165) is 34.4 Å². The molecule has 0 spiro atoms. The maximum atomic E-state index is 13.3. The fourth-order valence-electron chi connectivity index (χ4n) is 3.20. The lowest BCUT2D eigenvalue weighted by atomic mass is 9.80. The highest BCUT2D eigenvalue weighted by atomic mass is 19.1. The summed E-state index contributed by atoms with van der Waals surface area (Å²) >= 11 is 0. The Morgan fingerprint density at radius 1 is 0.885 bits per heavy atom. The monoisotopic (exact) mass is 343 g/mol. The minimum atomic E-state index is -0.768. The Bertz CT molecular complexity index is 1050. The van der Waals surface area contributed by atoms with Crippen molar-refractivity contribution in [3.63, 3.8) is 0 Å². The number of rotatable bonds is 2. The summed E-state index contributed by atoms with van der Waals surface area (Å²) in [5, 5.41) is 18.0. The number of hydrogen-bond acceptors (Lipinski definition) is 3. The van der Waals surface area contributed by atoms with Gasteiger partial charge in [0.25, 0.3) is 0 Å². The van der Waals surface area contributed by atoms with Gasteiger partial charge in [-0.3, -0.25) is 10.2 Å². The van der Waals surface area contributed by atoms with Crippen LogP contribution in [0.2, 0.25) is 0 Å². The smallest absolute Gasteiger partial charge is 0.186 e. The molecule has 0 radical (unpaired) electrons. The fraction of sp³-hybridized carbons (Fsp3) is 0. The van der Waals surface area contributed by atoms with E-state index in [1.807, 2.05) is 48.5 Å². The molecule has 3 aromatic rings. The van der Waals surface area contributed by atoms with Crippen LogP contribution in [0.4, 0.5) is 4.39 Å². The van der Waals surface area contributed by atoms with Gasteiger partial charge in [-0.1, -0.05) is 48.5 Å². The van der Waals surface area contributed by atoms with E-state index in [2.05, 4.69) is 0 Å². The van der Waals surface area contributed by atoms with Crippen LogP contribution in [0.25, 0.3) is 5.57 Å². The van der Waals surface area contributed by atoms with Gasteiger partial charge in [-0.05, 0) is 41.0 Å². The highest BCUT2D eigenvalue weighted by Crippen LogP contribution is 2.36. The normalized spacial score (nSPS) is 12.3. The van der Waals surface area contributed by atoms with E-state index in [1.54, 1.807) is 0 Å². The molecule has 0 unspecified atom stereocenters. The molecule has 0 aromatic heterocycles. The van der Waals surface area contributed by atoms with E-state index in [4.69, 9.17) is 5.41 Å². The summed E-state index contributed by atoms with van der Waals surface area (Å²) in [6.07, 6.45) is 1.48. The molecule has 126 valence electrons. The first-order valence-electron chi connectivity index (χ1n) is 8.09. The molecule has 0 saturated carbocycles. The van der Waals surface area contributed by atoms with Crippen LogP contribution < -0.4 is 0 Å². The second-order valence-electron chi connectivity index (χ2n) is 6.05. The standard InChI is InChI=1S/C22H14FNO2/c23-19-10-9-13(11-21(19)26)20(25)12-18-14-5-1-3-7-16(14)22(24)17-8-4-2-6-15(17)18/h1-12,24,26H. The molecule has 4 rings (SSSR count). The largest absolute Gasteiger partial charge is 0.505 e. The average molecular weight is 343 g/mol. The summed E-state index contributed by atoms with van der Waals surface area (Å²) in [6, 6.07) is 18.4. The first kappa shape index (κ1) is 16.0. The van der Waals surface area contributed by atoms with Gasteiger partial charge in [0.2, 0.25) is 0 Å². The quantitative estimate of drug-likeness (QED) is 0.413. The van der Waals surface area contributed by atoms with Crippen molar-refractivity contribution in [2.24, 2.45) is 0 Å². The number of hydrogen-bond donors (Lipinski definition) is 2. The number of phenols is 1. The Morgan fingerprint density at radius 2 is 1.42 bits per heavy atom. The molecule has 26 heavy (non-hydrogen) atoms. The van der Waals surface area contributed by atoms with Gasteiger partial charge in [0, 0.05) is 16.7 Å². The van der Waals surface area contributed by atoms with Crippen LogP contribution in [-0.4, -0.2) is 16.6 Å². The van der Waals surface area contributed by atoms with E-state index >= 15 is 0 Å². The lowest BCUT2D eigenvalue weighted by Gasteiger charge is -2.23. The number of carbonyl (C=O) groups excluding carboxylic acids is 1. The number of benzene rings is 3. The predicted molar refractivity (Wildman–Crippen MR) is 98.3 cm³/mol. The molecular formula is C22H14FNO2. The first-order valence-corrected chi connectivity index (χ1v) is 8.09. The highest BCUT2D eigenvalue weighted by Gasteiger charge is 2.24. The van der Waals surface area contributed by atoms with Crippen molar-refractivity contribution in [2.75, 3.05) is 0 Å². The van der Waals surface area contributed by atoms with Gasteiger partial charge in [0.05, 0.1) is 5.71 Å². The zero-order valence-electron chi connectivity index (χ0n) is 13.7. The summed E-state index contributed by atoms with van der Waals surface area (Å²) in [5.41, 5.74) is 4.44. The van der Waals surface area contributed by atoms with Crippen molar-refractivity contribution in [1.29, 1.82) is 5.41 Å². The van der Waals surface area contributed by atoms with Crippen molar-refractivity contribution in [3.8, 4) is 5.75 Å². The van der Waals surface area contributed by atoms with Crippen LogP contribution in [0, 0.1) is 11.2 Å². The van der Waals surface area contributed by atoms with Crippen molar-refractivity contribution in [3.05, 3.63) is 106 Å². The van der Waals surface area contributed by atoms with Crippen molar-refractivity contribution >= 4 is 17.1 Å². The van der Waals surface area contributed by atoms with Gasteiger partial charge in [0.15, 0.2) is 17.3 Å². The van der Waals surface area contributed by atoms with Gasteiger partial charge in [-0.15, -0.1) is 0 Å². The molecule has 0 fully saturated rings. The maximum absolute atomic E-state index is 13.3. The first-order chi connectivity index (χ1) is 12.6. The van der Waals surface area contributed by atoms with Crippen LogP contribution in [0.5, 0.6) is 5.75 Å². The van der Waals surface area contributed by atoms with Gasteiger partial charge in [0.1, 0.15) is 0 Å². The predicted octanol–water partition coefficient (Wildman–Crippen LogP) is 4.58. The Kier molecular flexibility index (Phi) is 3.73. The zero-order valence-corrected chi connectivity index (χ0v) is 13.7. The van der Waals surface area contributed by atoms with Crippen molar-refractivity contribution in [1.82, 2.24) is 0 Å². The van der Waals surface area contributed by atoms with E-state index in [0.29, 0.717) is 11.3 Å². The van der Waals surface area contributed by atoms with Crippen molar-refractivity contribution < 1.29 is 14.3 Å². The second kappa shape index (κ2) is 6.08. The van der Waals surface area contributed by atoms with Gasteiger partial charge in [-0.25, -0.2) is 4.39 Å². The molecule has 1 aliphatic rings. The van der Waals surface area contributed by atoms with Crippen LogP contribution in [-0.2, 0) is 0 Å². The van der Waals surface area contributed by atoms with Gasteiger partial charge < -0.3 is 5.11 Å². The van der Waals surface area contributed by atoms with Crippen molar-refractivity contribution in [2.45, 2.75) is 0 Å². The van der Waals surface area contributed by atoms with E-state index in [-0.39, 0.29) is 11.3 Å². The fourth-order valence-corrected chi connectivity index (χ4v) is 3.20. The van der Waals surface area contributed by atoms with Crippen LogP contribution >= 0.6 is 0 Å². The molecular weight excluding hydrogens is 329 g/mol. The maximum Gasteiger partial charge on any atom is 0.186 e. The Hall–Kier alpha value is -3.53. The van der Waals surface area contributed by atoms with Gasteiger partial charge >= 0.3 is 0 Å². The zero-order chi connectivity index (χ0) is 18.3. The molecule has 0 aliphatic heterocycles. The van der Waals surface area contributed by atoms with Crippen LogP contribution in [0.1, 0.15) is 32.6 Å². The van der Waals surface area contributed by atoms with E-state index < -0.39 is 11.6 Å². The molecule has 1 aliphatic carbocycles. The summed E-state index contributed by atoms with van der Waals surface area (Å²) in [5.74, 6) is -1.66. The molecule has 0 atom stereocenters. The van der Waals surface area contributed by atoms with E-state index in [9.17, 15) is 14.3 Å². The molecule has 0 heterocycles.